The second kappa shape index (κ2) is 11.9. The van der Waals surface area contributed by atoms with Gasteiger partial charge in [0.2, 0.25) is 0 Å². The highest BCUT2D eigenvalue weighted by molar-refractivity contribution is 7.91. The molecule has 0 bridgehead atoms. The van der Waals surface area contributed by atoms with Crippen molar-refractivity contribution in [1.29, 1.82) is 0 Å². The normalized spacial score (nSPS) is 12.6. The Hall–Kier alpha value is -3.83. The van der Waals surface area contributed by atoms with Gasteiger partial charge in [-0.15, -0.1) is 0 Å². The molecule has 2 aromatic carbocycles. The number of benzene rings is 2. The standard InChI is InChI=1S/C28H29F2N3O5S/c1-3-33-21(12-18-6-5-7-22(13-18)38-28(29)30)15-20-14-19(8-11-26(20)33)27(35)32-25(17-34)24-10-9-23(16-31-24)39(36,37)4-2/h5-11,13-16,25,28,34H,3-4,12,17H2,1-2H3,(H,32,35). The predicted molar refractivity (Wildman–Crippen MR) is 143 cm³/mol. The lowest BCUT2D eigenvalue weighted by molar-refractivity contribution is -0.0498. The molecule has 39 heavy (non-hydrogen) atoms. The van der Waals surface area contributed by atoms with Crippen molar-refractivity contribution < 1.29 is 31.8 Å². The van der Waals surface area contributed by atoms with Gasteiger partial charge in [0.1, 0.15) is 5.75 Å². The average Bonchev–Trinajstić information content (AvgIpc) is 3.27. The van der Waals surface area contributed by atoms with Crippen molar-refractivity contribution in [2.45, 2.75) is 44.4 Å². The van der Waals surface area contributed by atoms with Gasteiger partial charge in [0, 0.05) is 41.3 Å². The molecule has 1 atom stereocenters. The molecule has 2 N–H and O–H groups in total. The maximum absolute atomic E-state index is 13.1. The van der Waals surface area contributed by atoms with Gasteiger partial charge in [-0.2, -0.15) is 8.78 Å². The van der Waals surface area contributed by atoms with Crippen LogP contribution in [0, 0.1) is 0 Å². The number of aliphatic hydroxyl groups is 1. The molecule has 0 saturated heterocycles. The van der Waals surface area contributed by atoms with Crippen molar-refractivity contribution in [3.63, 3.8) is 0 Å². The molecule has 0 aliphatic carbocycles. The number of hydrogen-bond acceptors (Lipinski definition) is 6. The monoisotopic (exact) mass is 557 g/mol. The third-order valence-electron chi connectivity index (χ3n) is 6.42. The number of aliphatic hydroxyl groups excluding tert-OH is 1. The second-order valence-electron chi connectivity index (χ2n) is 8.89. The van der Waals surface area contributed by atoms with E-state index in [1.165, 1.54) is 31.3 Å². The van der Waals surface area contributed by atoms with Crippen molar-refractivity contribution in [2.24, 2.45) is 0 Å². The van der Waals surface area contributed by atoms with Crippen LogP contribution in [0.15, 0.2) is 71.8 Å². The molecule has 0 fully saturated rings. The van der Waals surface area contributed by atoms with Crippen LogP contribution in [0.25, 0.3) is 10.9 Å². The summed E-state index contributed by atoms with van der Waals surface area (Å²) in [5, 5.41) is 13.5. The second-order valence-corrected chi connectivity index (χ2v) is 11.2. The number of pyridine rings is 1. The number of ether oxygens (including phenoxy) is 1. The van der Waals surface area contributed by atoms with Crippen molar-refractivity contribution >= 4 is 26.6 Å². The molecule has 0 spiro atoms. The minimum absolute atomic E-state index is 0.0579. The molecule has 0 aliphatic heterocycles. The topological polar surface area (TPSA) is 111 Å². The number of hydrogen-bond donors (Lipinski definition) is 2. The number of nitrogens with zero attached hydrogens (tertiary/aromatic N) is 2. The van der Waals surface area contributed by atoms with Crippen LogP contribution in [0.5, 0.6) is 5.75 Å². The largest absolute Gasteiger partial charge is 0.435 e. The summed E-state index contributed by atoms with van der Waals surface area (Å²) in [7, 11) is -3.42. The van der Waals surface area contributed by atoms with Crippen molar-refractivity contribution in [1.82, 2.24) is 14.9 Å². The van der Waals surface area contributed by atoms with E-state index in [-0.39, 0.29) is 16.4 Å². The van der Waals surface area contributed by atoms with E-state index >= 15 is 0 Å². The Morgan fingerprint density at radius 3 is 2.54 bits per heavy atom. The molecule has 1 unspecified atom stereocenters. The summed E-state index contributed by atoms with van der Waals surface area (Å²) in [6.07, 6.45) is 1.70. The zero-order valence-corrected chi connectivity index (χ0v) is 22.3. The van der Waals surface area contributed by atoms with Gasteiger partial charge in [-0.05, 0) is 61.0 Å². The first-order valence-corrected chi connectivity index (χ1v) is 14.1. The number of alkyl halides is 2. The van der Waals surface area contributed by atoms with Gasteiger partial charge in [-0.1, -0.05) is 19.1 Å². The number of carbonyl (C=O) groups excluding carboxylic acids is 1. The third kappa shape index (κ3) is 6.43. The first-order valence-electron chi connectivity index (χ1n) is 12.4. The summed E-state index contributed by atoms with van der Waals surface area (Å²) < 4.78 is 55.9. The van der Waals surface area contributed by atoms with E-state index in [0.717, 1.165) is 22.2 Å². The zero-order valence-electron chi connectivity index (χ0n) is 21.5. The Bertz CT molecular complexity index is 1570. The van der Waals surface area contributed by atoms with Crippen LogP contribution in [0.2, 0.25) is 0 Å². The van der Waals surface area contributed by atoms with Gasteiger partial charge in [-0.25, -0.2) is 8.42 Å². The summed E-state index contributed by atoms with van der Waals surface area (Å²) in [6, 6.07) is 15.8. The number of amides is 1. The lowest BCUT2D eigenvalue weighted by atomic mass is 10.1. The molecule has 0 radical (unpaired) electrons. The van der Waals surface area contributed by atoms with Crippen LogP contribution < -0.4 is 10.1 Å². The number of sulfone groups is 1. The summed E-state index contributed by atoms with van der Waals surface area (Å²) >= 11 is 0. The van der Waals surface area contributed by atoms with Crippen LogP contribution in [0.4, 0.5) is 8.78 Å². The molecule has 2 aromatic heterocycles. The number of rotatable bonds is 11. The summed E-state index contributed by atoms with van der Waals surface area (Å²) in [5.41, 5.74) is 3.37. The minimum atomic E-state index is -3.42. The molecule has 8 nitrogen and oxygen atoms in total. The Kier molecular flexibility index (Phi) is 8.61. The van der Waals surface area contributed by atoms with Crippen molar-refractivity contribution in [3.05, 3.63) is 89.4 Å². The van der Waals surface area contributed by atoms with Crippen LogP contribution in [-0.2, 0) is 22.8 Å². The summed E-state index contributed by atoms with van der Waals surface area (Å²) in [6.45, 7) is 0.878. The van der Waals surface area contributed by atoms with Gasteiger partial charge in [-0.3, -0.25) is 9.78 Å². The summed E-state index contributed by atoms with van der Waals surface area (Å²) in [4.78, 5) is 17.3. The number of fused-ring (bicyclic) bond motifs is 1. The maximum Gasteiger partial charge on any atom is 0.387 e. The molecule has 11 heteroatoms. The molecule has 1 amide bonds. The third-order valence-corrected chi connectivity index (χ3v) is 8.14. The van der Waals surface area contributed by atoms with E-state index in [1.54, 1.807) is 24.3 Å². The van der Waals surface area contributed by atoms with E-state index in [4.69, 9.17) is 0 Å². The number of aryl methyl sites for hydroxylation is 1. The van der Waals surface area contributed by atoms with Gasteiger partial charge >= 0.3 is 6.61 Å². The van der Waals surface area contributed by atoms with Crippen LogP contribution in [0.1, 0.15) is 47.2 Å². The molecule has 2 heterocycles. The first-order chi connectivity index (χ1) is 18.6. The van der Waals surface area contributed by atoms with E-state index in [2.05, 4.69) is 19.6 Å². The highest BCUT2D eigenvalue weighted by Crippen LogP contribution is 2.26. The molecular formula is C28H29F2N3O5S. The van der Waals surface area contributed by atoms with E-state index in [9.17, 15) is 27.1 Å². The number of aromatic nitrogens is 2. The Morgan fingerprint density at radius 1 is 1.10 bits per heavy atom. The Morgan fingerprint density at radius 2 is 1.90 bits per heavy atom. The summed E-state index contributed by atoms with van der Waals surface area (Å²) in [5.74, 6) is -0.390. The lowest BCUT2D eigenvalue weighted by Crippen LogP contribution is -2.31. The fourth-order valence-electron chi connectivity index (χ4n) is 4.43. The van der Waals surface area contributed by atoms with Gasteiger partial charge in [0.15, 0.2) is 9.84 Å². The lowest BCUT2D eigenvalue weighted by Gasteiger charge is -2.16. The van der Waals surface area contributed by atoms with Crippen LogP contribution >= 0.6 is 0 Å². The Labute approximate surface area is 225 Å². The molecular weight excluding hydrogens is 528 g/mol. The molecule has 0 aliphatic rings. The number of nitrogens with one attached hydrogen (secondary N) is 1. The van der Waals surface area contributed by atoms with Gasteiger partial charge in [0.25, 0.3) is 5.91 Å². The maximum atomic E-state index is 13.1. The average molecular weight is 558 g/mol. The molecule has 206 valence electrons. The Balaban J connectivity index is 1.55. The predicted octanol–water partition coefficient (Wildman–Crippen LogP) is 4.51. The molecule has 0 saturated carbocycles. The minimum Gasteiger partial charge on any atom is -0.435 e. The quantitative estimate of drug-likeness (QED) is 0.281. The van der Waals surface area contributed by atoms with Gasteiger partial charge in [0.05, 0.1) is 29.0 Å². The smallest absolute Gasteiger partial charge is 0.387 e. The van der Waals surface area contributed by atoms with E-state index in [0.29, 0.717) is 24.2 Å². The highest BCUT2D eigenvalue weighted by Gasteiger charge is 2.19. The molecule has 4 rings (SSSR count). The molecule has 4 aromatic rings. The SMILES string of the molecule is CCn1c(Cc2cccc(OC(F)F)c2)cc2cc(C(=O)NC(CO)c3ccc(S(=O)(=O)CC)cn3)ccc21. The zero-order chi connectivity index (χ0) is 28.2. The van der Waals surface area contributed by atoms with Gasteiger partial charge < -0.3 is 19.7 Å². The van der Waals surface area contributed by atoms with E-state index < -0.39 is 35.0 Å². The fourth-order valence-corrected chi connectivity index (χ4v) is 5.26. The number of carbonyl (C=O) groups is 1. The van der Waals surface area contributed by atoms with Crippen LogP contribution in [-0.4, -0.2) is 48.0 Å². The number of halogens is 2. The van der Waals surface area contributed by atoms with Crippen molar-refractivity contribution in [3.8, 4) is 5.75 Å². The highest BCUT2D eigenvalue weighted by atomic mass is 32.2. The van der Waals surface area contributed by atoms with Crippen LogP contribution in [0.3, 0.4) is 0 Å². The first kappa shape index (κ1) is 28.2. The van der Waals surface area contributed by atoms with E-state index in [1.807, 2.05) is 25.1 Å². The fraction of sp³-hybridized carbons (Fsp3) is 0.286. The van der Waals surface area contributed by atoms with Crippen molar-refractivity contribution in [2.75, 3.05) is 12.4 Å².